The van der Waals surface area contributed by atoms with Crippen molar-refractivity contribution in [3.8, 4) is 5.75 Å². The van der Waals surface area contributed by atoms with Crippen molar-refractivity contribution >= 4 is 50.5 Å². The fraction of sp³-hybridized carbons (Fsp3) is 0.235. The molecule has 26 heavy (non-hydrogen) atoms. The Morgan fingerprint density at radius 1 is 1.15 bits per heavy atom. The Labute approximate surface area is 162 Å². The second-order valence-electron chi connectivity index (χ2n) is 5.55. The first kappa shape index (κ1) is 20.4. The second kappa shape index (κ2) is 8.16. The molecular weight excluding hydrogens is 399 g/mol. The van der Waals surface area contributed by atoms with Crippen LogP contribution in [0.15, 0.2) is 42.5 Å². The van der Waals surface area contributed by atoms with Crippen LogP contribution in [-0.2, 0) is 14.8 Å². The number of carbonyl (C=O) groups is 1. The lowest BCUT2D eigenvalue weighted by atomic mass is 10.2. The number of methoxy groups -OCH3 is 1. The van der Waals surface area contributed by atoms with Crippen LogP contribution in [0.5, 0.6) is 5.75 Å². The molecule has 0 aromatic heterocycles. The molecule has 0 spiro atoms. The van der Waals surface area contributed by atoms with Crippen molar-refractivity contribution in [2.45, 2.75) is 13.0 Å². The third-order valence-electron chi connectivity index (χ3n) is 3.57. The first-order chi connectivity index (χ1) is 12.1. The summed E-state index contributed by atoms with van der Waals surface area (Å²) in [5.41, 5.74) is 0.636. The molecule has 2 aromatic carbocycles. The number of benzene rings is 2. The fourth-order valence-corrected chi connectivity index (χ4v) is 3.96. The Kier molecular flexibility index (Phi) is 6.39. The lowest BCUT2D eigenvalue weighted by Crippen LogP contribution is -2.45. The van der Waals surface area contributed by atoms with E-state index in [1.54, 1.807) is 30.3 Å². The van der Waals surface area contributed by atoms with E-state index in [4.69, 9.17) is 27.9 Å². The fourth-order valence-electron chi connectivity index (χ4n) is 2.44. The number of hydrogen-bond acceptors (Lipinski definition) is 4. The van der Waals surface area contributed by atoms with Gasteiger partial charge in [-0.15, -0.1) is 0 Å². The number of nitrogens with one attached hydrogen (secondary N) is 1. The van der Waals surface area contributed by atoms with Gasteiger partial charge in [-0.25, -0.2) is 8.42 Å². The van der Waals surface area contributed by atoms with E-state index in [9.17, 15) is 13.2 Å². The maximum absolute atomic E-state index is 12.7. The molecule has 0 fully saturated rings. The van der Waals surface area contributed by atoms with E-state index in [0.717, 1.165) is 10.6 Å². The van der Waals surface area contributed by atoms with E-state index < -0.39 is 22.0 Å². The number of halogens is 2. The number of carbonyl (C=O) groups excluding carboxylic acids is 1. The van der Waals surface area contributed by atoms with Gasteiger partial charge in [-0.1, -0.05) is 29.3 Å². The molecular formula is C17H18Cl2N2O4S. The molecule has 1 N–H and O–H groups in total. The van der Waals surface area contributed by atoms with Crippen molar-refractivity contribution in [3.63, 3.8) is 0 Å². The molecule has 0 aliphatic rings. The van der Waals surface area contributed by atoms with Gasteiger partial charge in [0.2, 0.25) is 15.9 Å². The molecule has 6 nitrogen and oxygen atoms in total. The minimum atomic E-state index is -3.74. The zero-order valence-electron chi connectivity index (χ0n) is 14.4. The highest BCUT2D eigenvalue weighted by Gasteiger charge is 2.29. The van der Waals surface area contributed by atoms with Crippen molar-refractivity contribution in [1.82, 2.24) is 0 Å². The molecule has 0 aliphatic heterocycles. The van der Waals surface area contributed by atoms with Crippen LogP contribution in [0.3, 0.4) is 0 Å². The van der Waals surface area contributed by atoms with Gasteiger partial charge in [-0.3, -0.25) is 9.10 Å². The lowest BCUT2D eigenvalue weighted by molar-refractivity contribution is -0.116. The quantitative estimate of drug-likeness (QED) is 0.776. The Morgan fingerprint density at radius 3 is 2.38 bits per heavy atom. The minimum Gasteiger partial charge on any atom is -0.495 e. The van der Waals surface area contributed by atoms with Crippen LogP contribution in [0.4, 0.5) is 11.4 Å². The summed E-state index contributed by atoms with van der Waals surface area (Å²) < 4.78 is 30.7. The monoisotopic (exact) mass is 416 g/mol. The maximum atomic E-state index is 12.7. The van der Waals surface area contributed by atoms with Crippen molar-refractivity contribution < 1.29 is 17.9 Å². The molecule has 0 saturated heterocycles. The SMILES string of the molecule is COc1ccc(Cl)cc1NC(=O)[C@@H](C)N(c1cccc(Cl)c1)S(C)(=O)=O. The third-order valence-corrected chi connectivity index (χ3v) is 5.28. The summed E-state index contributed by atoms with van der Waals surface area (Å²) in [6, 6.07) is 9.99. The number of anilines is 2. The average Bonchev–Trinajstić information content (AvgIpc) is 2.54. The number of ether oxygens (including phenoxy) is 1. The first-order valence-corrected chi connectivity index (χ1v) is 10.1. The van der Waals surface area contributed by atoms with Gasteiger partial charge in [0.1, 0.15) is 11.8 Å². The van der Waals surface area contributed by atoms with Crippen molar-refractivity contribution in [1.29, 1.82) is 0 Å². The molecule has 0 heterocycles. The van der Waals surface area contributed by atoms with E-state index in [1.165, 1.54) is 26.2 Å². The topological polar surface area (TPSA) is 75.7 Å². The van der Waals surface area contributed by atoms with Crippen molar-refractivity contribution in [2.24, 2.45) is 0 Å². The molecule has 0 radical (unpaired) electrons. The van der Waals surface area contributed by atoms with Crippen molar-refractivity contribution in [2.75, 3.05) is 23.0 Å². The Morgan fingerprint density at radius 2 is 1.81 bits per heavy atom. The van der Waals surface area contributed by atoms with Gasteiger partial charge >= 0.3 is 0 Å². The lowest BCUT2D eigenvalue weighted by Gasteiger charge is -2.28. The van der Waals surface area contributed by atoms with E-state index in [1.807, 2.05) is 0 Å². The maximum Gasteiger partial charge on any atom is 0.248 e. The highest BCUT2D eigenvalue weighted by molar-refractivity contribution is 7.92. The standard InChI is InChI=1S/C17H18Cl2N2O4S/c1-11(17(22)20-15-10-13(19)7-8-16(15)25-2)21(26(3,23)24)14-6-4-5-12(18)9-14/h4-11H,1-3H3,(H,20,22)/t11-/m1/s1. The highest BCUT2D eigenvalue weighted by Crippen LogP contribution is 2.29. The van der Waals surface area contributed by atoms with Crippen LogP contribution in [0.2, 0.25) is 10.0 Å². The van der Waals surface area contributed by atoms with Gasteiger partial charge in [0.05, 0.1) is 24.7 Å². The largest absolute Gasteiger partial charge is 0.495 e. The Balaban J connectivity index is 2.36. The second-order valence-corrected chi connectivity index (χ2v) is 8.28. The molecule has 1 atom stereocenters. The smallest absolute Gasteiger partial charge is 0.248 e. The number of rotatable bonds is 6. The molecule has 2 aromatic rings. The van der Waals surface area contributed by atoms with Gasteiger partial charge in [-0.2, -0.15) is 0 Å². The summed E-state index contributed by atoms with van der Waals surface area (Å²) in [6.07, 6.45) is 1.03. The molecule has 0 saturated carbocycles. The van der Waals surface area contributed by atoms with E-state index >= 15 is 0 Å². The summed E-state index contributed by atoms with van der Waals surface area (Å²) in [7, 11) is -2.28. The Bertz CT molecular complexity index is 919. The van der Waals surface area contributed by atoms with Crippen LogP contribution in [-0.4, -0.2) is 33.7 Å². The number of hydrogen-bond donors (Lipinski definition) is 1. The normalized spacial score (nSPS) is 12.3. The van der Waals surface area contributed by atoms with Gasteiger partial charge < -0.3 is 10.1 Å². The molecule has 0 unspecified atom stereocenters. The highest BCUT2D eigenvalue weighted by atomic mass is 35.5. The van der Waals surface area contributed by atoms with Crippen LogP contribution in [0.1, 0.15) is 6.92 Å². The average molecular weight is 417 g/mol. The molecule has 140 valence electrons. The number of sulfonamides is 1. The van der Waals surface area contributed by atoms with Gasteiger partial charge in [0.15, 0.2) is 0 Å². The summed E-state index contributed by atoms with van der Waals surface area (Å²) in [5, 5.41) is 3.42. The van der Waals surface area contributed by atoms with E-state index in [0.29, 0.717) is 27.2 Å². The Hall–Kier alpha value is -1.96. The van der Waals surface area contributed by atoms with Crippen LogP contribution >= 0.6 is 23.2 Å². The summed E-state index contributed by atoms with van der Waals surface area (Å²) in [6.45, 7) is 1.48. The van der Waals surface area contributed by atoms with E-state index in [-0.39, 0.29) is 0 Å². The summed E-state index contributed by atoms with van der Waals surface area (Å²) >= 11 is 11.9. The predicted octanol–water partition coefficient (Wildman–Crippen LogP) is 3.80. The molecule has 2 rings (SSSR count). The summed E-state index contributed by atoms with van der Waals surface area (Å²) in [5.74, 6) is -0.139. The van der Waals surface area contributed by atoms with Crippen LogP contribution < -0.4 is 14.4 Å². The molecule has 9 heteroatoms. The predicted molar refractivity (Wildman–Crippen MR) is 105 cm³/mol. The van der Waals surface area contributed by atoms with Crippen molar-refractivity contribution in [3.05, 3.63) is 52.5 Å². The minimum absolute atomic E-state index is 0.292. The number of nitrogens with zero attached hydrogens (tertiary/aromatic N) is 1. The number of amides is 1. The zero-order valence-corrected chi connectivity index (χ0v) is 16.7. The van der Waals surface area contributed by atoms with E-state index in [2.05, 4.69) is 5.32 Å². The summed E-state index contributed by atoms with van der Waals surface area (Å²) in [4.78, 5) is 12.7. The first-order valence-electron chi connectivity index (χ1n) is 7.53. The van der Waals surface area contributed by atoms with Gasteiger partial charge in [0, 0.05) is 10.0 Å². The zero-order chi connectivity index (χ0) is 19.5. The van der Waals surface area contributed by atoms with Crippen LogP contribution in [0.25, 0.3) is 0 Å². The molecule has 1 amide bonds. The third kappa shape index (κ3) is 4.81. The van der Waals surface area contributed by atoms with Crippen LogP contribution in [0, 0.1) is 0 Å². The van der Waals surface area contributed by atoms with Gasteiger partial charge in [-0.05, 0) is 43.3 Å². The molecule has 0 aliphatic carbocycles. The molecule has 0 bridgehead atoms. The van der Waals surface area contributed by atoms with Gasteiger partial charge in [0.25, 0.3) is 0 Å².